The standard InChI is InChI=1S/C17H34N2O2/c1-17(14-20,18-15-8-9-15)10-4-5-11-19(2)13-16-7-3-6-12-21-16/h15-16,18,20H,3-14H2,1-2H3. The SMILES string of the molecule is CN(CCCCC(C)(CO)NC1CC1)CC1CCCCO1. The van der Waals surface area contributed by atoms with Crippen molar-refractivity contribution in [1.29, 1.82) is 0 Å². The highest BCUT2D eigenvalue weighted by molar-refractivity contribution is 4.92. The van der Waals surface area contributed by atoms with Crippen LogP contribution in [0.25, 0.3) is 0 Å². The number of aliphatic hydroxyl groups excluding tert-OH is 1. The maximum absolute atomic E-state index is 9.60. The van der Waals surface area contributed by atoms with Crippen molar-refractivity contribution in [1.82, 2.24) is 10.2 Å². The minimum Gasteiger partial charge on any atom is -0.394 e. The zero-order valence-corrected chi connectivity index (χ0v) is 13.9. The third-order valence-electron chi connectivity index (χ3n) is 4.79. The second kappa shape index (κ2) is 8.47. The van der Waals surface area contributed by atoms with Crippen LogP contribution in [0.2, 0.25) is 0 Å². The number of nitrogens with one attached hydrogen (secondary N) is 1. The molecule has 1 saturated heterocycles. The molecule has 2 aliphatic rings. The number of aliphatic hydroxyl groups is 1. The average molecular weight is 298 g/mol. The molecule has 21 heavy (non-hydrogen) atoms. The van der Waals surface area contributed by atoms with E-state index in [0.29, 0.717) is 12.1 Å². The Labute approximate surface area is 130 Å². The van der Waals surface area contributed by atoms with E-state index in [0.717, 1.165) is 26.1 Å². The van der Waals surface area contributed by atoms with E-state index in [2.05, 4.69) is 24.2 Å². The molecule has 1 aliphatic heterocycles. The van der Waals surface area contributed by atoms with Gasteiger partial charge in [0.15, 0.2) is 0 Å². The number of likely N-dealkylation sites (N-methyl/N-ethyl adjacent to an activating group) is 1. The highest BCUT2D eigenvalue weighted by Gasteiger charge is 2.31. The molecule has 0 aromatic carbocycles. The number of ether oxygens (including phenoxy) is 1. The Bertz CT molecular complexity index is 291. The van der Waals surface area contributed by atoms with E-state index in [1.807, 2.05) is 0 Å². The van der Waals surface area contributed by atoms with Gasteiger partial charge < -0.3 is 20.1 Å². The van der Waals surface area contributed by atoms with Gasteiger partial charge in [0, 0.05) is 24.7 Å². The van der Waals surface area contributed by atoms with Gasteiger partial charge in [0.25, 0.3) is 0 Å². The third-order valence-corrected chi connectivity index (χ3v) is 4.79. The van der Waals surface area contributed by atoms with Crippen LogP contribution in [0.4, 0.5) is 0 Å². The summed E-state index contributed by atoms with van der Waals surface area (Å²) in [4.78, 5) is 2.40. The van der Waals surface area contributed by atoms with Crippen molar-refractivity contribution in [3.8, 4) is 0 Å². The maximum atomic E-state index is 9.60. The van der Waals surface area contributed by atoms with Crippen molar-refractivity contribution in [2.45, 2.75) is 76.0 Å². The van der Waals surface area contributed by atoms with Gasteiger partial charge >= 0.3 is 0 Å². The molecule has 4 nitrogen and oxygen atoms in total. The molecular formula is C17H34N2O2. The summed E-state index contributed by atoms with van der Waals surface area (Å²) in [7, 11) is 2.20. The Morgan fingerprint density at radius 1 is 1.24 bits per heavy atom. The van der Waals surface area contributed by atoms with Gasteiger partial charge in [-0.05, 0) is 65.5 Å². The van der Waals surface area contributed by atoms with Crippen LogP contribution in [0.1, 0.15) is 58.3 Å². The summed E-state index contributed by atoms with van der Waals surface area (Å²) < 4.78 is 5.79. The lowest BCUT2D eigenvalue weighted by Crippen LogP contribution is -2.47. The molecular weight excluding hydrogens is 264 g/mol. The van der Waals surface area contributed by atoms with Crippen LogP contribution in [-0.4, -0.2) is 61.0 Å². The molecule has 0 aromatic rings. The Morgan fingerprint density at radius 2 is 2.05 bits per heavy atom. The Balaban J connectivity index is 1.55. The normalized spacial score (nSPS) is 26.0. The molecule has 2 unspecified atom stereocenters. The van der Waals surface area contributed by atoms with Crippen LogP contribution in [0.5, 0.6) is 0 Å². The molecule has 2 N–H and O–H groups in total. The van der Waals surface area contributed by atoms with Gasteiger partial charge in [-0.25, -0.2) is 0 Å². The van der Waals surface area contributed by atoms with Crippen LogP contribution in [0.15, 0.2) is 0 Å². The van der Waals surface area contributed by atoms with Crippen molar-refractivity contribution >= 4 is 0 Å². The molecule has 124 valence electrons. The number of rotatable bonds is 10. The number of hydrogen-bond acceptors (Lipinski definition) is 4. The molecule has 0 spiro atoms. The monoisotopic (exact) mass is 298 g/mol. The topological polar surface area (TPSA) is 44.7 Å². The predicted octanol–water partition coefficient (Wildman–Crippen LogP) is 2.16. The zero-order valence-electron chi connectivity index (χ0n) is 13.9. The van der Waals surface area contributed by atoms with Crippen molar-refractivity contribution in [3.05, 3.63) is 0 Å². The lowest BCUT2D eigenvalue weighted by atomic mass is 9.95. The minimum absolute atomic E-state index is 0.0772. The maximum Gasteiger partial charge on any atom is 0.0701 e. The Morgan fingerprint density at radius 3 is 2.67 bits per heavy atom. The van der Waals surface area contributed by atoms with Crippen LogP contribution in [-0.2, 0) is 4.74 Å². The fourth-order valence-corrected chi connectivity index (χ4v) is 3.20. The summed E-state index contributed by atoms with van der Waals surface area (Å²) in [5.41, 5.74) is -0.0772. The Kier molecular flexibility index (Phi) is 6.93. The summed E-state index contributed by atoms with van der Waals surface area (Å²) in [5.74, 6) is 0. The summed E-state index contributed by atoms with van der Waals surface area (Å²) >= 11 is 0. The van der Waals surface area contributed by atoms with Crippen molar-refractivity contribution in [3.63, 3.8) is 0 Å². The summed E-state index contributed by atoms with van der Waals surface area (Å²) in [6.45, 7) is 5.54. The van der Waals surface area contributed by atoms with Crippen LogP contribution in [0, 0.1) is 0 Å². The van der Waals surface area contributed by atoms with E-state index in [-0.39, 0.29) is 12.1 Å². The van der Waals surface area contributed by atoms with E-state index in [4.69, 9.17) is 4.74 Å². The average Bonchev–Trinajstić information content (AvgIpc) is 3.28. The second-order valence-corrected chi connectivity index (χ2v) is 7.35. The second-order valence-electron chi connectivity index (χ2n) is 7.35. The quantitative estimate of drug-likeness (QED) is 0.607. The summed E-state index contributed by atoms with van der Waals surface area (Å²) in [6, 6.07) is 0.660. The van der Waals surface area contributed by atoms with Crippen LogP contribution >= 0.6 is 0 Å². The number of unbranched alkanes of at least 4 members (excludes halogenated alkanes) is 1. The van der Waals surface area contributed by atoms with Gasteiger partial charge in [-0.2, -0.15) is 0 Å². The van der Waals surface area contributed by atoms with Crippen molar-refractivity contribution in [2.75, 3.05) is 33.4 Å². The van der Waals surface area contributed by atoms with E-state index in [1.165, 1.54) is 44.9 Å². The third kappa shape index (κ3) is 6.64. The largest absolute Gasteiger partial charge is 0.394 e. The van der Waals surface area contributed by atoms with E-state index in [9.17, 15) is 5.11 Å². The molecule has 0 amide bonds. The molecule has 4 heteroatoms. The highest BCUT2D eigenvalue weighted by atomic mass is 16.5. The molecule has 1 aliphatic carbocycles. The van der Waals surface area contributed by atoms with Gasteiger partial charge in [0.05, 0.1) is 12.7 Å². The van der Waals surface area contributed by atoms with Gasteiger partial charge in [-0.15, -0.1) is 0 Å². The van der Waals surface area contributed by atoms with Crippen molar-refractivity contribution < 1.29 is 9.84 Å². The fourth-order valence-electron chi connectivity index (χ4n) is 3.20. The molecule has 0 radical (unpaired) electrons. The molecule has 2 fully saturated rings. The van der Waals surface area contributed by atoms with Gasteiger partial charge in [0.1, 0.15) is 0 Å². The van der Waals surface area contributed by atoms with Crippen LogP contribution < -0.4 is 5.32 Å². The first-order valence-corrected chi connectivity index (χ1v) is 8.80. The first kappa shape index (κ1) is 17.2. The van der Waals surface area contributed by atoms with Gasteiger partial charge in [-0.3, -0.25) is 0 Å². The highest BCUT2D eigenvalue weighted by Crippen LogP contribution is 2.25. The number of nitrogens with zero attached hydrogens (tertiary/aromatic N) is 1. The van der Waals surface area contributed by atoms with E-state index in [1.54, 1.807) is 0 Å². The van der Waals surface area contributed by atoms with E-state index >= 15 is 0 Å². The van der Waals surface area contributed by atoms with Crippen LogP contribution in [0.3, 0.4) is 0 Å². The summed E-state index contributed by atoms with van der Waals surface area (Å²) in [6.07, 6.45) is 10.2. The summed E-state index contributed by atoms with van der Waals surface area (Å²) in [5, 5.41) is 13.2. The van der Waals surface area contributed by atoms with Crippen molar-refractivity contribution in [2.24, 2.45) is 0 Å². The Hall–Kier alpha value is -0.160. The first-order chi connectivity index (χ1) is 10.1. The van der Waals surface area contributed by atoms with Gasteiger partial charge in [-0.1, -0.05) is 6.42 Å². The molecule has 0 aromatic heterocycles. The molecule has 2 rings (SSSR count). The molecule has 1 saturated carbocycles. The lowest BCUT2D eigenvalue weighted by molar-refractivity contribution is -0.00169. The zero-order chi connectivity index (χ0) is 15.1. The fraction of sp³-hybridized carbons (Fsp3) is 1.00. The predicted molar refractivity (Wildman–Crippen MR) is 86.6 cm³/mol. The number of hydrogen-bond donors (Lipinski definition) is 2. The molecule has 2 atom stereocenters. The first-order valence-electron chi connectivity index (χ1n) is 8.80. The molecule has 0 bridgehead atoms. The van der Waals surface area contributed by atoms with E-state index < -0.39 is 0 Å². The van der Waals surface area contributed by atoms with Gasteiger partial charge in [0.2, 0.25) is 0 Å². The minimum atomic E-state index is -0.0772. The smallest absolute Gasteiger partial charge is 0.0701 e. The lowest BCUT2D eigenvalue weighted by Gasteiger charge is -2.30. The molecule has 1 heterocycles.